The molecule has 2 N–H and O–H groups in total. The first-order valence-electron chi connectivity index (χ1n) is 4.50. The van der Waals surface area contributed by atoms with Gasteiger partial charge in [0.1, 0.15) is 5.82 Å². The third kappa shape index (κ3) is 1.99. The summed E-state index contributed by atoms with van der Waals surface area (Å²) in [6, 6.07) is 2.49. The maximum Gasteiger partial charge on any atom is 0.179 e. The van der Waals surface area contributed by atoms with Crippen LogP contribution in [0.5, 0.6) is 0 Å². The van der Waals surface area contributed by atoms with Gasteiger partial charge < -0.3 is 5.73 Å². The Bertz CT molecular complexity index is 372. The van der Waals surface area contributed by atoms with Crippen LogP contribution in [-0.4, -0.2) is 11.8 Å². The molecule has 0 aliphatic rings. The van der Waals surface area contributed by atoms with E-state index in [1.165, 1.54) is 6.07 Å². The largest absolute Gasteiger partial charge is 0.321 e. The van der Waals surface area contributed by atoms with Gasteiger partial charge >= 0.3 is 0 Å². The molecule has 0 bridgehead atoms. The van der Waals surface area contributed by atoms with Gasteiger partial charge in [-0.05, 0) is 44.0 Å². The molecule has 0 aliphatic heterocycles. The molecule has 14 heavy (non-hydrogen) atoms. The number of benzene rings is 1. The summed E-state index contributed by atoms with van der Waals surface area (Å²) in [6.07, 6.45) is 0. The SMILES string of the molecule is Cc1cc(F)c(C)c(C(=O)C(C)N)c1. The van der Waals surface area contributed by atoms with Crippen molar-refractivity contribution in [1.82, 2.24) is 0 Å². The van der Waals surface area contributed by atoms with Gasteiger partial charge in [0.15, 0.2) is 5.78 Å². The lowest BCUT2D eigenvalue weighted by molar-refractivity contribution is 0.0966. The highest BCUT2D eigenvalue weighted by Crippen LogP contribution is 2.16. The number of hydrogen-bond acceptors (Lipinski definition) is 2. The average molecular weight is 195 g/mol. The summed E-state index contributed by atoms with van der Waals surface area (Å²) in [7, 11) is 0. The molecule has 0 spiro atoms. The maximum absolute atomic E-state index is 13.3. The highest BCUT2D eigenvalue weighted by atomic mass is 19.1. The molecule has 1 aromatic carbocycles. The van der Waals surface area contributed by atoms with Gasteiger partial charge in [0.05, 0.1) is 6.04 Å². The number of halogens is 1. The molecule has 0 saturated heterocycles. The molecule has 1 unspecified atom stereocenters. The fourth-order valence-corrected chi connectivity index (χ4v) is 1.32. The normalized spacial score (nSPS) is 12.6. The fourth-order valence-electron chi connectivity index (χ4n) is 1.32. The highest BCUT2D eigenvalue weighted by Gasteiger charge is 2.15. The van der Waals surface area contributed by atoms with E-state index in [0.29, 0.717) is 11.1 Å². The summed E-state index contributed by atoms with van der Waals surface area (Å²) in [5, 5.41) is 0. The number of rotatable bonds is 2. The smallest absolute Gasteiger partial charge is 0.179 e. The molecular formula is C11H14FNO. The molecule has 76 valence electrons. The molecule has 1 rings (SSSR count). The molecule has 0 radical (unpaired) electrons. The van der Waals surface area contributed by atoms with Gasteiger partial charge in [-0.15, -0.1) is 0 Å². The first-order chi connectivity index (χ1) is 6.43. The number of Topliss-reactive ketones (excluding diaryl/α,β-unsaturated/α-hetero) is 1. The van der Waals surface area contributed by atoms with Crippen molar-refractivity contribution in [2.24, 2.45) is 5.73 Å². The van der Waals surface area contributed by atoms with Gasteiger partial charge in [-0.3, -0.25) is 4.79 Å². The number of carbonyl (C=O) groups excluding carboxylic acids is 1. The van der Waals surface area contributed by atoms with Crippen molar-refractivity contribution in [3.8, 4) is 0 Å². The third-order valence-corrected chi connectivity index (χ3v) is 2.17. The van der Waals surface area contributed by atoms with E-state index in [4.69, 9.17) is 5.73 Å². The van der Waals surface area contributed by atoms with E-state index in [1.54, 1.807) is 26.8 Å². The zero-order chi connectivity index (χ0) is 10.9. The molecule has 3 heteroatoms. The topological polar surface area (TPSA) is 43.1 Å². The van der Waals surface area contributed by atoms with E-state index in [0.717, 1.165) is 5.56 Å². The summed E-state index contributed by atoms with van der Waals surface area (Å²) < 4.78 is 13.3. The first-order valence-corrected chi connectivity index (χ1v) is 4.50. The van der Waals surface area contributed by atoms with Crippen LogP contribution in [0.25, 0.3) is 0 Å². The Morgan fingerprint density at radius 2 is 2.00 bits per heavy atom. The molecule has 0 aliphatic carbocycles. The molecule has 0 heterocycles. The predicted molar refractivity (Wildman–Crippen MR) is 53.9 cm³/mol. The van der Waals surface area contributed by atoms with Crippen molar-refractivity contribution in [2.75, 3.05) is 0 Å². The molecule has 0 amide bonds. The molecule has 0 aromatic heterocycles. The van der Waals surface area contributed by atoms with Gasteiger partial charge in [-0.1, -0.05) is 0 Å². The Hall–Kier alpha value is -1.22. The lowest BCUT2D eigenvalue weighted by Gasteiger charge is -2.09. The first kappa shape index (κ1) is 10.9. The Labute approximate surface area is 82.9 Å². The number of hydrogen-bond donors (Lipinski definition) is 1. The van der Waals surface area contributed by atoms with Crippen molar-refractivity contribution in [2.45, 2.75) is 26.8 Å². The summed E-state index contributed by atoms with van der Waals surface area (Å²) in [4.78, 5) is 11.6. The van der Waals surface area contributed by atoms with Crippen LogP contribution >= 0.6 is 0 Å². The molecule has 0 fully saturated rings. The Balaban J connectivity index is 3.27. The maximum atomic E-state index is 13.3. The summed E-state index contributed by atoms with van der Waals surface area (Å²) >= 11 is 0. The van der Waals surface area contributed by atoms with E-state index in [-0.39, 0.29) is 11.6 Å². The lowest BCUT2D eigenvalue weighted by Crippen LogP contribution is -2.27. The summed E-state index contributed by atoms with van der Waals surface area (Å²) in [6.45, 7) is 4.94. The average Bonchev–Trinajstić information content (AvgIpc) is 2.09. The van der Waals surface area contributed by atoms with Crippen molar-refractivity contribution in [3.05, 3.63) is 34.6 Å². The minimum Gasteiger partial charge on any atom is -0.321 e. The molecule has 1 aromatic rings. The number of nitrogens with two attached hydrogens (primary N) is 1. The van der Waals surface area contributed by atoms with Gasteiger partial charge in [-0.25, -0.2) is 4.39 Å². The second-order valence-electron chi connectivity index (χ2n) is 3.57. The second-order valence-corrected chi connectivity index (χ2v) is 3.57. The Morgan fingerprint density at radius 1 is 1.43 bits per heavy atom. The highest BCUT2D eigenvalue weighted by molar-refractivity contribution is 6.01. The second kappa shape index (κ2) is 3.88. The van der Waals surface area contributed by atoms with Gasteiger partial charge in [0.25, 0.3) is 0 Å². The van der Waals surface area contributed by atoms with Crippen LogP contribution in [-0.2, 0) is 0 Å². The Morgan fingerprint density at radius 3 is 2.50 bits per heavy atom. The van der Waals surface area contributed by atoms with Crippen LogP contribution in [0.3, 0.4) is 0 Å². The van der Waals surface area contributed by atoms with Crippen molar-refractivity contribution in [3.63, 3.8) is 0 Å². The van der Waals surface area contributed by atoms with Gasteiger partial charge in [-0.2, -0.15) is 0 Å². The molecule has 0 saturated carbocycles. The van der Waals surface area contributed by atoms with E-state index in [9.17, 15) is 9.18 Å². The fraction of sp³-hybridized carbons (Fsp3) is 0.364. The van der Waals surface area contributed by atoms with Crippen LogP contribution in [0, 0.1) is 19.7 Å². The zero-order valence-electron chi connectivity index (χ0n) is 8.60. The lowest BCUT2D eigenvalue weighted by atomic mass is 9.98. The van der Waals surface area contributed by atoms with Crippen molar-refractivity contribution in [1.29, 1.82) is 0 Å². The van der Waals surface area contributed by atoms with Crippen LogP contribution < -0.4 is 5.73 Å². The van der Waals surface area contributed by atoms with E-state index in [1.807, 2.05) is 0 Å². The van der Waals surface area contributed by atoms with E-state index >= 15 is 0 Å². The monoisotopic (exact) mass is 195 g/mol. The van der Waals surface area contributed by atoms with Crippen LogP contribution in [0.1, 0.15) is 28.4 Å². The van der Waals surface area contributed by atoms with Crippen LogP contribution in [0.15, 0.2) is 12.1 Å². The molecule has 2 nitrogen and oxygen atoms in total. The van der Waals surface area contributed by atoms with Gasteiger partial charge in [0, 0.05) is 5.56 Å². The molecular weight excluding hydrogens is 181 g/mol. The summed E-state index contributed by atoms with van der Waals surface area (Å²) in [5.41, 5.74) is 6.96. The molecule has 1 atom stereocenters. The predicted octanol–water partition coefficient (Wildman–Crippen LogP) is 1.97. The van der Waals surface area contributed by atoms with Gasteiger partial charge in [0.2, 0.25) is 0 Å². The van der Waals surface area contributed by atoms with E-state index < -0.39 is 6.04 Å². The quantitative estimate of drug-likeness (QED) is 0.733. The van der Waals surface area contributed by atoms with Crippen LogP contribution in [0.2, 0.25) is 0 Å². The van der Waals surface area contributed by atoms with Crippen molar-refractivity contribution < 1.29 is 9.18 Å². The number of carbonyl (C=O) groups is 1. The summed E-state index contributed by atoms with van der Waals surface area (Å²) in [5.74, 6) is -0.570. The number of ketones is 1. The third-order valence-electron chi connectivity index (χ3n) is 2.17. The minimum absolute atomic E-state index is 0.217. The zero-order valence-corrected chi connectivity index (χ0v) is 8.60. The number of aryl methyl sites for hydroxylation is 1. The Kier molecular flexibility index (Phi) is 3.01. The standard InChI is InChI=1S/C11H14FNO/c1-6-4-9(11(14)8(3)13)7(2)10(12)5-6/h4-5,8H,13H2,1-3H3. The minimum atomic E-state index is -0.588. The van der Waals surface area contributed by atoms with Crippen molar-refractivity contribution >= 4 is 5.78 Å². The van der Waals surface area contributed by atoms with E-state index in [2.05, 4.69) is 0 Å². The van der Waals surface area contributed by atoms with Crippen LogP contribution in [0.4, 0.5) is 4.39 Å².